The van der Waals surface area contributed by atoms with Crippen molar-refractivity contribution in [2.45, 2.75) is 0 Å². The van der Waals surface area contributed by atoms with Crippen molar-refractivity contribution in [2.75, 3.05) is 19.5 Å². The van der Waals surface area contributed by atoms with Crippen molar-refractivity contribution in [3.63, 3.8) is 0 Å². The maximum Gasteiger partial charge on any atom is 0.272 e. The summed E-state index contributed by atoms with van der Waals surface area (Å²) in [6.45, 7) is 0. The first-order chi connectivity index (χ1) is 19.5. The summed E-state index contributed by atoms with van der Waals surface area (Å²) in [5.41, 5.74) is 2.84. The molecular formula is C33H28N2O5. The Bertz CT molecular complexity index is 1540. The Kier molecular flexibility index (Phi) is 9.24. The number of hydrogen-bond donors (Lipinski definition) is 2. The van der Waals surface area contributed by atoms with Crippen LogP contribution < -0.4 is 20.1 Å². The van der Waals surface area contributed by atoms with E-state index in [0.717, 1.165) is 11.3 Å². The summed E-state index contributed by atoms with van der Waals surface area (Å²) in [5.74, 6) is 0.143. The molecule has 7 heteroatoms. The molecule has 40 heavy (non-hydrogen) atoms. The molecule has 4 aromatic carbocycles. The van der Waals surface area contributed by atoms with E-state index in [1.165, 1.54) is 13.2 Å². The van der Waals surface area contributed by atoms with Gasteiger partial charge in [0.2, 0.25) is 0 Å². The monoisotopic (exact) mass is 532 g/mol. The van der Waals surface area contributed by atoms with E-state index >= 15 is 0 Å². The highest BCUT2D eigenvalue weighted by molar-refractivity contribution is 6.11. The molecule has 0 atom stereocenters. The van der Waals surface area contributed by atoms with Gasteiger partial charge in [-0.15, -0.1) is 0 Å². The lowest BCUT2D eigenvalue weighted by molar-refractivity contribution is -0.113. The second-order valence-electron chi connectivity index (χ2n) is 8.62. The van der Waals surface area contributed by atoms with Crippen molar-refractivity contribution in [2.24, 2.45) is 0 Å². The number of hydrogen-bond acceptors (Lipinski definition) is 5. The van der Waals surface area contributed by atoms with Crippen LogP contribution in [0.4, 0.5) is 5.69 Å². The van der Waals surface area contributed by atoms with E-state index in [9.17, 15) is 14.4 Å². The van der Waals surface area contributed by atoms with Gasteiger partial charge in [-0.2, -0.15) is 0 Å². The van der Waals surface area contributed by atoms with Crippen LogP contribution in [0.25, 0.3) is 12.2 Å². The fourth-order valence-electron chi connectivity index (χ4n) is 3.78. The topological polar surface area (TPSA) is 93.7 Å². The van der Waals surface area contributed by atoms with Gasteiger partial charge in [-0.05, 0) is 72.3 Å². The second-order valence-corrected chi connectivity index (χ2v) is 8.62. The fraction of sp³-hybridized carbons (Fsp3) is 0.0606. The molecule has 0 aliphatic carbocycles. The normalized spacial score (nSPS) is 11.1. The zero-order chi connectivity index (χ0) is 28.3. The average Bonchev–Trinajstić information content (AvgIpc) is 3.00. The standard InChI is InChI=1S/C33H28N2O5/c1-39-28-19-12-23(13-20-28)14-21-30(36)24-15-17-27(18-16-24)34-33(38)29(22-26-10-6-7-11-31(26)40-2)35-32(37)25-8-4-3-5-9-25/h3-22H,1-2H3,(H,34,38)(H,35,37)/b21-14+,29-22-. The van der Waals surface area contributed by atoms with Crippen LogP contribution in [-0.2, 0) is 4.79 Å². The Balaban J connectivity index is 1.50. The van der Waals surface area contributed by atoms with Gasteiger partial charge in [0.25, 0.3) is 11.8 Å². The van der Waals surface area contributed by atoms with Crippen LogP contribution in [0.15, 0.2) is 115 Å². The summed E-state index contributed by atoms with van der Waals surface area (Å²) in [4.78, 5) is 38.8. The maximum atomic E-state index is 13.3. The van der Waals surface area contributed by atoms with Crippen LogP contribution in [-0.4, -0.2) is 31.8 Å². The summed E-state index contributed by atoms with van der Waals surface area (Å²) in [6, 6.07) is 29.6. The summed E-state index contributed by atoms with van der Waals surface area (Å²) >= 11 is 0. The number of carbonyl (C=O) groups is 3. The molecule has 0 spiro atoms. The van der Waals surface area contributed by atoms with Gasteiger partial charge in [-0.3, -0.25) is 14.4 Å². The number of amides is 2. The molecule has 0 radical (unpaired) electrons. The third kappa shape index (κ3) is 7.33. The van der Waals surface area contributed by atoms with Gasteiger partial charge in [-0.1, -0.05) is 54.6 Å². The summed E-state index contributed by atoms with van der Waals surface area (Å²) < 4.78 is 10.5. The number of carbonyl (C=O) groups excluding carboxylic acids is 3. The number of benzene rings is 4. The van der Waals surface area contributed by atoms with Crippen LogP contribution in [0, 0.1) is 0 Å². The lowest BCUT2D eigenvalue weighted by Gasteiger charge is -2.12. The van der Waals surface area contributed by atoms with E-state index in [1.807, 2.05) is 36.4 Å². The largest absolute Gasteiger partial charge is 0.497 e. The van der Waals surface area contributed by atoms with Crippen LogP contribution in [0.5, 0.6) is 11.5 Å². The van der Waals surface area contributed by atoms with E-state index in [4.69, 9.17) is 9.47 Å². The van der Waals surface area contributed by atoms with Gasteiger partial charge in [0.15, 0.2) is 5.78 Å². The van der Waals surface area contributed by atoms with Crippen molar-refractivity contribution in [3.8, 4) is 11.5 Å². The number of allylic oxidation sites excluding steroid dienone is 1. The molecule has 0 bridgehead atoms. The van der Waals surface area contributed by atoms with Gasteiger partial charge >= 0.3 is 0 Å². The SMILES string of the molecule is COc1ccc(/C=C/C(=O)c2ccc(NC(=O)/C(=C/c3ccccc3OC)NC(=O)c3ccccc3)cc2)cc1. The van der Waals surface area contributed by atoms with E-state index < -0.39 is 11.8 Å². The van der Waals surface area contributed by atoms with Gasteiger partial charge < -0.3 is 20.1 Å². The predicted octanol–water partition coefficient (Wildman–Crippen LogP) is 6.01. The Morgan fingerprint density at radius 1 is 0.700 bits per heavy atom. The lowest BCUT2D eigenvalue weighted by atomic mass is 10.1. The van der Waals surface area contributed by atoms with E-state index in [0.29, 0.717) is 28.1 Å². The molecule has 2 N–H and O–H groups in total. The molecule has 0 saturated carbocycles. The smallest absolute Gasteiger partial charge is 0.272 e. The first-order valence-electron chi connectivity index (χ1n) is 12.5. The van der Waals surface area contributed by atoms with Crippen molar-refractivity contribution in [3.05, 3.63) is 137 Å². The molecule has 7 nitrogen and oxygen atoms in total. The highest BCUT2D eigenvalue weighted by Gasteiger charge is 2.16. The zero-order valence-corrected chi connectivity index (χ0v) is 22.1. The molecule has 0 fully saturated rings. The number of rotatable bonds is 10. The van der Waals surface area contributed by atoms with Gasteiger partial charge in [0.05, 0.1) is 14.2 Å². The summed E-state index contributed by atoms with van der Waals surface area (Å²) in [5, 5.41) is 5.49. The Hall–Kier alpha value is -5.43. The first-order valence-corrected chi connectivity index (χ1v) is 12.5. The third-order valence-corrected chi connectivity index (χ3v) is 5.94. The van der Waals surface area contributed by atoms with Crippen LogP contribution in [0.1, 0.15) is 31.8 Å². The number of ketones is 1. The minimum absolute atomic E-state index is 0.0286. The molecular weight excluding hydrogens is 504 g/mol. The van der Waals surface area contributed by atoms with E-state index in [1.54, 1.807) is 86.0 Å². The molecule has 0 aromatic heterocycles. The predicted molar refractivity (Wildman–Crippen MR) is 156 cm³/mol. The summed E-state index contributed by atoms with van der Waals surface area (Å²) in [7, 11) is 3.13. The molecule has 200 valence electrons. The highest BCUT2D eigenvalue weighted by Crippen LogP contribution is 2.21. The van der Waals surface area contributed by atoms with Crippen molar-refractivity contribution in [1.29, 1.82) is 0 Å². The summed E-state index contributed by atoms with van der Waals surface area (Å²) in [6.07, 6.45) is 4.77. The number of nitrogens with one attached hydrogen (secondary N) is 2. The quantitative estimate of drug-likeness (QED) is 0.193. The number of ether oxygens (including phenoxy) is 2. The van der Waals surface area contributed by atoms with E-state index in [2.05, 4.69) is 10.6 Å². The van der Waals surface area contributed by atoms with Crippen LogP contribution in [0.2, 0.25) is 0 Å². The average molecular weight is 533 g/mol. The van der Waals surface area contributed by atoms with Crippen LogP contribution >= 0.6 is 0 Å². The Morgan fingerprint density at radius 2 is 1.38 bits per heavy atom. The second kappa shape index (κ2) is 13.4. The third-order valence-electron chi connectivity index (χ3n) is 5.94. The molecule has 4 rings (SSSR count). The van der Waals surface area contributed by atoms with Gasteiger partial charge in [0, 0.05) is 22.4 Å². The minimum Gasteiger partial charge on any atom is -0.497 e. The van der Waals surface area contributed by atoms with Crippen molar-refractivity contribution in [1.82, 2.24) is 5.32 Å². The Labute approximate surface area is 232 Å². The molecule has 0 heterocycles. The number of methoxy groups -OCH3 is 2. The molecule has 0 saturated heterocycles. The molecule has 0 unspecified atom stereocenters. The number of para-hydroxylation sites is 1. The Morgan fingerprint density at radius 3 is 2.05 bits per heavy atom. The van der Waals surface area contributed by atoms with Crippen molar-refractivity contribution >= 4 is 35.4 Å². The van der Waals surface area contributed by atoms with Gasteiger partial charge in [-0.25, -0.2) is 0 Å². The zero-order valence-electron chi connectivity index (χ0n) is 22.1. The molecule has 0 aliphatic heterocycles. The van der Waals surface area contributed by atoms with Crippen molar-refractivity contribution < 1.29 is 23.9 Å². The molecule has 0 aliphatic rings. The number of anilines is 1. The first kappa shape index (κ1) is 27.6. The van der Waals surface area contributed by atoms with Crippen LogP contribution in [0.3, 0.4) is 0 Å². The lowest BCUT2D eigenvalue weighted by Crippen LogP contribution is -2.30. The maximum absolute atomic E-state index is 13.3. The molecule has 2 amide bonds. The fourth-order valence-corrected chi connectivity index (χ4v) is 3.78. The molecule has 4 aromatic rings. The van der Waals surface area contributed by atoms with E-state index in [-0.39, 0.29) is 11.5 Å². The highest BCUT2D eigenvalue weighted by atomic mass is 16.5. The van der Waals surface area contributed by atoms with Gasteiger partial charge in [0.1, 0.15) is 17.2 Å². The minimum atomic E-state index is -0.534.